The van der Waals surface area contributed by atoms with Crippen LogP contribution in [0.5, 0.6) is 11.5 Å². The van der Waals surface area contributed by atoms with Crippen LogP contribution in [0.3, 0.4) is 0 Å². The molecule has 0 aliphatic rings. The number of methoxy groups -OCH3 is 1. The van der Waals surface area contributed by atoms with Crippen molar-refractivity contribution in [1.29, 1.82) is 0 Å². The summed E-state index contributed by atoms with van der Waals surface area (Å²) in [6, 6.07) is 14.0. The zero-order chi connectivity index (χ0) is 21.8. The third kappa shape index (κ3) is 7.13. The van der Waals surface area contributed by atoms with E-state index < -0.39 is 17.9 Å². The quantitative estimate of drug-likeness (QED) is 0.349. The first kappa shape index (κ1) is 22.7. The number of hydrogen-bond acceptors (Lipinski definition) is 5. The van der Waals surface area contributed by atoms with Gasteiger partial charge in [-0.25, -0.2) is 4.79 Å². The molecular formula is C24H27NO5. The van der Waals surface area contributed by atoms with Crippen molar-refractivity contribution in [2.75, 3.05) is 20.3 Å². The third-order valence-electron chi connectivity index (χ3n) is 4.14. The molecule has 0 fully saturated rings. The maximum atomic E-state index is 12.4. The van der Waals surface area contributed by atoms with E-state index in [2.05, 4.69) is 11.9 Å². The van der Waals surface area contributed by atoms with Gasteiger partial charge in [-0.05, 0) is 36.3 Å². The number of ether oxygens (including phenoxy) is 3. The largest absolute Gasteiger partial charge is 0.493 e. The van der Waals surface area contributed by atoms with E-state index in [0.29, 0.717) is 24.5 Å². The minimum atomic E-state index is -0.770. The van der Waals surface area contributed by atoms with Crippen LogP contribution in [0.4, 0.5) is 0 Å². The fraction of sp³-hybridized carbons (Fsp3) is 0.250. The van der Waals surface area contributed by atoms with Crippen LogP contribution in [0.15, 0.2) is 67.3 Å². The lowest BCUT2D eigenvalue weighted by atomic mass is 10.1. The molecule has 2 aromatic rings. The minimum Gasteiger partial charge on any atom is -0.493 e. The zero-order valence-corrected chi connectivity index (χ0v) is 17.3. The molecule has 2 aromatic carbocycles. The first-order chi connectivity index (χ1) is 14.6. The van der Waals surface area contributed by atoms with Gasteiger partial charge in [-0.1, -0.05) is 49.1 Å². The Morgan fingerprint density at radius 3 is 2.57 bits per heavy atom. The average molecular weight is 409 g/mol. The topological polar surface area (TPSA) is 73.9 Å². The molecule has 0 saturated heterocycles. The Bertz CT molecular complexity index is 876. The number of esters is 1. The molecule has 0 heterocycles. The Morgan fingerprint density at radius 2 is 1.90 bits per heavy atom. The second kappa shape index (κ2) is 12.1. The maximum Gasteiger partial charge on any atom is 0.328 e. The summed E-state index contributed by atoms with van der Waals surface area (Å²) in [4.78, 5) is 24.7. The summed E-state index contributed by atoms with van der Waals surface area (Å²) >= 11 is 0. The number of carbonyl (C=O) groups is 2. The molecule has 1 atom stereocenters. The number of hydrogen-bond donors (Lipinski definition) is 1. The Labute approximate surface area is 177 Å². The van der Waals surface area contributed by atoms with Crippen LogP contribution in [0.2, 0.25) is 0 Å². The zero-order valence-electron chi connectivity index (χ0n) is 17.3. The van der Waals surface area contributed by atoms with Crippen molar-refractivity contribution < 1.29 is 23.8 Å². The normalized spacial score (nSPS) is 11.5. The molecule has 0 saturated carbocycles. The summed E-state index contributed by atoms with van der Waals surface area (Å²) in [6.45, 7) is 5.96. The Balaban J connectivity index is 2.07. The van der Waals surface area contributed by atoms with Crippen LogP contribution in [-0.2, 0) is 20.7 Å². The molecule has 0 unspecified atom stereocenters. The molecular weight excluding hydrogens is 382 g/mol. The van der Waals surface area contributed by atoms with Crippen molar-refractivity contribution in [3.05, 3.63) is 78.4 Å². The SMILES string of the molecule is C=CCOc1ccc(/C=C/C(=O)N[C@@H](Cc2ccccc2)C(=O)OCC)cc1OC. The highest BCUT2D eigenvalue weighted by atomic mass is 16.5. The number of amides is 1. The fourth-order valence-electron chi connectivity index (χ4n) is 2.73. The molecule has 0 aliphatic heterocycles. The fourth-order valence-corrected chi connectivity index (χ4v) is 2.73. The molecule has 0 aromatic heterocycles. The van der Waals surface area contributed by atoms with E-state index in [1.165, 1.54) is 6.08 Å². The average Bonchev–Trinajstić information content (AvgIpc) is 2.77. The standard InChI is InChI=1S/C24H27NO5/c1-4-15-30-21-13-11-19(17-22(21)28-3)12-14-23(26)25-20(24(27)29-5-2)16-18-9-7-6-8-10-18/h4,6-14,17,20H,1,5,15-16H2,2-3H3,(H,25,26)/b14-12+/t20-/m0/s1. The predicted octanol–water partition coefficient (Wildman–Crippen LogP) is 3.56. The van der Waals surface area contributed by atoms with E-state index in [4.69, 9.17) is 14.2 Å². The van der Waals surface area contributed by atoms with Crippen LogP contribution >= 0.6 is 0 Å². The van der Waals surface area contributed by atoms with Crippen molar-refractivity contribution in [3.8, 4) is 11.5 Å². The Kier molecular flexibility index (Phi) is 9.18. The minimum absolute atomic E-state index is 0.246. The van der Waals surface area contributed by atoms with E-state index in [0.717, 1.165) is 11.1 Å². The lowest BCUT2D eigenvalue weighted by Crippen LogP contribution is -2.42. The molecule has 30 heavy (non-hydrogen) atoms. The second-order valence-corrected chi connectivity index (χ2v) is 6.35. The summed E-state index contributed by atoms with van der Waals surface area (Å²) in [7, 11) is 1.55. The van der Waals surface area contributed by atoms with E-state index in [1.807, 2.05) is 30.3 Å². The van der Waals surface area contributed by atoms with Crippen molar-refractivity contribution in [3.63, 3.8) is 0 Å². The molecule has 0 radical (unpaired) electrons. The maximum absolute atomic E-state index is 12.4. The Hall–Kier alpha value is -3.54. The van der Waals surface area contributed by atoms with Gasteiger partial charge in [0, 0.05) is 12.5 Å². The summed E-state index contributed by atoms with van der Waals surface area (Å²) < 4.78 is 15.9. The molecule has 0 spiro atoms. The van der Waals surface area contributed by atoms with Gasteiger partial charge in [0.1, 0.15) is 12.6 Å². The molecule has 1 amide bonds. The first-order valence-corrected chi connectivity index (χ1v) is 9.68. The second-order valence-electron chi connectivity index (χ2n) is 6.35. The number of rotatable bonds is 11. The van der Waals surface area contributed by atoms with Gasteiger partial charge in [0.2, 0.25) is 5.91 Å². The van der Waals surface area contributed by atoms with Gasteiger partial charge >= 0.3 is 5.97 Å². The first-order valence-electron chi connectivity index (χ1n) is 9.68. The smallest absolute Gasteiger partial charge is 0.328 e. The van der Waals surface area contributed by atoms with Gasteiger partial charge in [-0.15, -0.1) is 0 Å². The number of benzene rings is 2. The van der Waals surface area contributed by atoms with Crippen LogP contribution in [0.1, 0.15) is 18.1 Å². The van der Waals surface area contributed by atoms with Crippen molar-refractivity contribution in [2.45, 2.75) is 19.4 Å². The lowest BCUT2D eigenvalue weighted by molar-refractivity contribution is -0.146. The van der Waals surface area contributed by atoms with Crippen molar-refractivity contribution >= 4 is 18.0 Å². The van der Waals surface area contributed by atoms with Gasteiger partial charge in [0.05, 0.1) is 13.7 Å². The van der Waals surface area contributed by atoms with E-state index in [1.54, 1.807) is 44.4 Å². The van der Waals surface area contributed by atoms with Gasteiger partial charge in [0.15, 0.2) is 11.5 Å². The highest BCUT2D eigenvalue weighted by Gasteiger charge is 2.21. The summed E-state index contributed by atoms with van der Waals surface area (Å²) in [5, 5.41) is 2.72. The molecule has 0 aliphatic carbocycles. The van der Waals surface area contributed by atoms with Crippen LogP contribution < -0.4 is 14.8 Å². The number of nitrogens with one attached hydrogen (secondary N) is 1. The van der Waals surface area contributed by atoms with Crippen molar-refractivity contribution in [1.82, 2.24) is 5.32 Å². The molecule has 158 valence electrons. The van der Waals surface area contributed by atoms with Crippen molar-refractivity contribution in [2.24, 2.45) is 0 Å². The lowest BCUT2D eigenvalue weighted by Gasteiger charge is -2.16. The molecule has 0 bridgehead atoms. The summed E-state index contributed by atoms with van der Waals surface area (Å²) in [5.74, 6) is 0.278. The number of carbonyl (C=O) groups excluding carboxylic acids is 2. The monoisotopic (exact) mass is 409 g/mol. The molecule has 6 nitrogen and oxygen atoms in total. The predicted molar refractivity (Wildman–Crippen MR) is 116 cm³/mol. The third-order valence-corrected chi connectivity index (χ3v) is 4.14. The van der Waals surface area contributed by atoms with E-state index in [-0.39, 0.29) is 6.61 Å². The summed E-state index contributed by atoms with van der Waals surface area (Å²) in [6.07, 6.45) is 5.01. The molecule has 6 heteroatoms. The Morgan fingerprint density at radius 1 is 1.13 bits per heavy atom. The van der Waals surface area contributed by atoms with Crippen LogP contribution in [-0.4, -0.2) is 38.2 Å². The van der Waals surface area contributed by atoms with Gasteiger partial charge < -0.3 is 19.5 Å². The molecule has 1 N–H and O–H groups in total. The summed E-state index contributed by atoms with van der Waals surface area (Å²) in [5.41, 5.74) is 1.68. The van der Waals surface area contributed by atoms with Gasteiger partial charge in [-0.3, -0.25) is 4.79 Å². The highest BCUT2D eigenvalue weighted by molar-refractivity contribution is 5.94. The van der Waals surface area contributed by atoms with Crippen LogP contribution in [0.25, 0.3) is 6.08 Å². The van der Waals surface area contributed by atoms with Gasteiger partial charge in [-0.2, -0.15) is 0 Å². The highest BCUT2D eigenvalue weighted by Crippen LogP contribution is 2.28. The van der Waals surface area contributed by atoms with E-state index in [9.17, 15) is 9.59 Å². The van der Waals surface area contributed by atoms with Crippen LogP contribution in [0, 0.1) is 0 Å². The van der Waals surface area contributed by atoms with E-state index >= 15 is 0 Å². The van der Waals surface area contributed by atoms with Gasteiger partial charge in [0.25, 0.3) is 0 Å². The molecule has 2 rings (SSSR count).